The van der Waals surface area contributed by atoms with Crippen LogP contribution in [-0.2, 0) is 0 Å². The molecule has 0 spiro atoms. The van der Waals surface area contributed by atoms with Gasteiger partial charge in [-0.2, -0.15) is 0 Å². The van der Waals surface area contributed by atoms with E-state index in [2.05, 4.69) is 90.7 Å². The molecule has 2 aromatic carbocycles. The molecule has 0 aliphatic carbocycles. The van der Waals surface area contributed by atoms with Gasteiger partial charge in [0, 0.05) is 43.2 Å². The number of piperidine rings is 1. The molecule has 4 aromatic rings. The van der Waals surface area contributed by atoms with Gasteiger partial charge in [-0.3, -0.25) is 0 Å². The maximum Gasteiger partial charge on any atom is 0.142 e. The van der Waals surface area contributed by atoms with Crippen LogP contribution in [0.15, 0.2) is 73.2 Å². The summed E-state index contributed by atoms with van der Waals surface area (Å²) in [5.74, 6) is 1.04. The standard InChI is InChI=1S/C25H26N6/c1-2-7-18(8-3-1)29-22-16-31(23-11-5-4-10-20(22)23)19-9-6-14-30(15-19)25-21-12-13-26-24(21)27-17-28-25/h1-5,7-8,10-13,17,19,22,29H,6,9,14-16H2,(H,26,27,28)/t19-,22?/m1/s1. The second-order valence-corrected chi connectivity index (χ2v) is 8.45. The van der Waals surface area contributed by atoms with E-state index in [1.807, 2.05) is 6.20 Å². The van der Waals surface area contributed by atoms with E-state index >= 15 is 0 Å². The van der Waals surface area contributed by atoms with Crippen LogP contribution in [0, 0.1) is 0 Å². The van der Waals surface area contributed by atoms with Crippen LogP contribution in [0.2, 0.25) is 0 Å². The molecule has 6 heteroatoms. The van der Waals surface area contributed by atoms with Crippen LogP contribution in [0.3, 0.4) is 0 Å². The molecule has 31 heavy (non-hydrogen) atoms. The predicted molar refractivity (Wildman–Crippen MR) is 126 cm³/mol. The molecule has 156 valence electrons. The van der Waals surface area contributed by atoms with Gasteiger partial charge in [-0.25, -0.2) is 9.97 Å². The van der Waals surface area contributed by atoms with Gasteiger partial charge in [0.1, 0.15) is 17.8 Å². The average molecular weight is 411 g/mol. The normalized spacial score (nSPS) is 20.8. The Morgan fingerprint density at radius 2 is 1.81 bits per heavy atom. The zero-order chi connectivity index (χ0) is 20.6. The van der Waals surface area contributed by atoms with Crippen molar-refractivity contribution in [2.45, 2.75) is 24.9 Å². The Morgan fingerprint density at radius 3 is 2.74 bits per heavy atom. The molecular weight excluding hydrogens is 384 g/mol. The summed E-state index contributed by atoms with van der Waals surface area (Å²) in [5, 5.41) is 4.85. The summed E-state index contributed by atoms with van der Waals surface area (Å²) in [6.07, 6.45) is 5.98. The van der Waals surface area contributed by atoms with Crippen molar-refractivity contribution in [2.24, 2.45) is 0 Å². The minimum Gasteiger partial charge on any atom is -0.376 e. The first-order valence-corrected chi connectivity index (χ1v) is 11.1. The summed E-state index contributed by atoms with van der Waals surface area (Å²) in [4.78, 5) is 17.3. The van der Waals surface area contributed by atoms with Gasteiger partial charge in [-0.1, -0.05) is 36.4 Å². The van der Waals surface area contributed by atoms with Crippen molar-refractivity contribution in [3.8, 4) is 0 Å². The highest BCUT2D eigenvalue weighted by molar-refractivity contribution is 5.87. The van der Waals surface area contributed by atoms with E-state index in [-0.39, 0.29) is 0 Å². The van der Waals surface area contributed by atoms with Gasteiger partial charge in [-0.15, -0.1) is 0 Å². The summed E-state index contributed by atoms with van der Waals surface area (Å²) in [5.41, 5.74) is 4.83. The Bertz CT molecular complexity index is 1190. The van der Waals surface area contributed by atoms with Gasteiger partial charge in [-0.05, 0) is 42.7 Å². The first-order chi connectivity index (χ1) is 15.4. The largest absolute Gasteiger partial charge is 0.376 e. The van der Waals surface area contributed by atoms with Gasteiger partial charge >= 0.3 is 0 Å². The quantitative estimate of drug-likeness (QED) is 0.515. The second-order valence-electron chi connectivity index (χ2n) is 8.45. The van der Waals surface area contributed by atoms with Crippen molar-refractivity contribution < 1.29 is 0 Å². The fraction of sp³-hybridized carbons (Fsp3) is 0.280. The Balaban J connectivity index is 1.27. The number of hydrogen-bond donors (Lipinski definition) is 2. The third-order valence-electron chi connectivity index (χ3n) is 6.59. The lowest BCUT2D eigenvalue weighted by Crippen LogP contribution is -2.48. The smallest absolute Gasteiger partial charge is 0.142 e. The van der Waals surface area contributed by atoms with Gasteiger partial charge in [0.15, 0.2) is 0 Å². The number of rotatable bonds is 4. The van der Waals surface area contributed by atoms with Crippen molar-refractivity contribution in [3.63, 3.8) is 0 Å². The summed E-state index contributed by atoms with van der Waals surface area (Å²) < 4.78 is 0. The van der Waals surface area contributed by atoms with E-state index in [4.69, 9.17) is 0 Å². The van der Waals surface area contributed by atoms with Gasteiger partial charge in [0.2, 0.25) is 0 Å². The molecule has 2 aliphatic rings. The van der Waals surface area contributed by atoms with E-state index in [0.717, 1.165) is 42.9 Å². The molecule has 1 saturated heterocycles. The van der Waals surface area contributed by atoms with E-state index in [0.29, 0.717) is 12.1 Å². The molecule has 0 saturated carbocycles. The Labute approximate surface area is 181 Å². The zero-order valence-corrected chi connectivity index (χ0v) is 17.4. The maximum atomic E-state index is 4.64. The lowest BCUT2D eigenvalue weighted by molar-refractivity contribution is 0.472. The van der Waals surface area contributed by atoms with Crippen LogP contribution in [0.25, 0.3) is 11.0 Å². The lowest BCUT2D eigenvalue weighted by Gasteiger charge is -2.39. The van der Waals surface area contributed by atoms with Crippen LogP contribution >= 0.6 is 0 Å². The van der Waals surface area contributed by atoms with Crippen molar-refractivity contribution >= 4 is 28.2 Å². The number of fused-ring (bicyclic) bond motifs is 2. The molecule has 4 heterocycles. The Kier molecular flexibility index (Phi) is 4.48. The molecule has 1 fully saturated rings. The van der Waals surface area contributed by atoms with Crippen LogP contribution in [0.1, 0.15) is 24.4 Å². The number of hydrogen-bond acceptors (Lipinski definition) is 5. The van der Waals surface area contributed by atoms with E-state index in [9.17, 15) is 0 Å². The Morgan fingerprint density at radius 1 is 0.935 bits per heavy atom. The molecule has 0 bridgehead atoms. The molecule has 2 aliphatic heterocycles. The third-order valence-corrected chi connectivity index (χ3v) is 6.59. The van der Waals surface area contributed by atoms with Crippen LogP contribution in [-0.4, -0.2) is 40.6 Å². The number of nitrogens with one attached hydrogen (secondary N) is 2. The first-order valence-electron chi connectivity index (χ1n) is 11.1. The Hall–Kier alpha value is -3.54. The van der Waals surface area contributed by atoms with E-state index in [1.165, 1.54) is 23.4 Å². The fourth-order valence-corrected chi connectivity index (χ4v) is 5.15. The highest BCUT2D eigenvalue weighted by atomic mass is 15.3. The van der Waals surface area contributed by atoms with Crippen molar-refractivity contribution in [2.75, 3.05) is 34.8 Å². The molecule has 2 atom stereocenters. The monoisotopic (exact) mass is 410 g/mol. The molecule has 0 radical (unpaired) electrons. The first kappa shape index (κ1) is 18.2. The SMILES string of the molecule is c1ccc(NC2CN([C@@H]3CCCN(c4ncnc5[nH]ccc45)C3)c3ccccc32)cc1. The number of para-hydroxylation sites is 2. The molecule has 6 rings (SSSR count). The molecular formula is C25H26N6. The van der Waals surface area contributed by atoms with E-state index in [1.54, 1.807) is 6.33 Å². The molecule has 0 amide bonds. The summed E-state index contributed by atoms with van der Waals surface area (Å²) >= 11 is 0. The number of H-pyrrole nitrogens is 1. The average Bonchev–Trinajstić information content (AvgIpc) is 3.45. The lowest BCUT2D eigenvalue weighted by atomic mass is 10.0. The molecule has 1 unspecified atom stereocenters. The van der Waals surface area contributed by atoms with Crippen LogP contribution < -0.4 is 15.1 Å². The van der Waals surface area contributed by atoms with Gasteiger partial charge in [0.25, 0.3) is 0 Å². The molecule has 6 nitrogen and oxygen atoms in total. The number of nitrogens with zero attached hydrogens (tertiary/aromatic N) is 4. The number of benzene rings is 2. The number of aromatic nitrogens is 3. The number of anilines is 3. The minimum absolute atomic E-state index is 0.296. The topological polar surface area (TPSA) is 60.1 Å². The molecule has 2 N–H and O–H groups in total. The molecule has 2 aromatic heterocycles. The minimum atomic E-state index is 0.296. The summed E-state index contributed by atoms with van der Waals surface area (Å²) in [7, 11) is 0. The number of aromatic amines is 1. The fourth-order valence-electron chi connectivity index (χ4n) is 5.15. The highest BCUT2D eigenvalue weighted by Gasteiger charge is 2.35. The zero-order valence-electron chi connectivity index (χ0n) is 17.4. The third kappa shape index (κ3) is 3.28. The van der Waals surface area contributed by atoms with Gasteiger partial charge < -0.3 is 20.1 Å². The highest BCUT2D eigenvalue weighted by Crippen LogP contribution is 2.39. The van der Waals surface area contributed by atoms with Crippen molar-refractivity contribution in [1.82, 2.24) is 15.0 Å². The second kappa shape index (κ2) is 7.61. The van der Waals surface area contributed by atoms with E-state index < -0.39 is 0 Å². The van der Waals surface area contributed by atoms with Crippen molar-refractivity contribution in [1.29, 1.82) is 0 Å². The van der Waals surface area contributed by atoms with Crippen LogP contribution in [0.4, 0.5) is 17.2 Å². The van der Waals surface area contributed by atoms with Crippen LogP contribution in [0.5, 0.6) is 0 Å². The summed E-state index contributed by atoms with van der Waals surface area (Å²) in [6, 6.07) is 22.2. The van der Waals surface area contributed by atoms with Crippen molar-refractivity contribution in [3.05, 3.63) is 78.8 Å². The maximum absolute atomic E-state index is 4.64. The summed E-state index contributed by atoms with van der Waals surface area (Å²) in [6.45, 7) is 2.99. The predicted octanol–water partition coefficient (Wildman–Crippen LogP) is 4.60. The van der Waals surface area contributed by atoms with Gasteiger partial charge in [0.05, 0.1) is 11.4 Å².